The van der Waals surface area contributed by atoms with Crippen molar-refractivity contribution in [1.29, 1.82) is 0 Å². The van der Waals surface area contributed by atoms with Crippen molar-refractivity contribution in [3.8, 4) is 0 Å². The topological polar surface area (TPSA) is 28.5 Å². The van der Waals surface area contributed by atoms with Crippen molar-refractivity contribution in [3.05, 3.63) is 24.5 Å². The van der Waals surface area contributed by atoms with Gasteiger partial charge in [-0.15, -0.1) is 0 Å². The highest BCUT2D eigenvalue weighted by atomic mass is 19.4. The largest absolute Gasteiger partial charge is 0.401 e. The number of hydrogen-bond donors (Lipinski definition) is 0. The molecule has 4 nitrogen and oxygen atoms in total. The Balaban J connectivity index is 1.78. The Morgan fingerprint density at radius 2 is 2.00 bits per heavy atom. The molecule has 23 heavy (non-hydrogen) atoms. The van der Waals surface area contributed by atoms with E-state index in [0.717, 1.165) is 13.0 Å². The van der Waals surface area contributed by atoms with Gasteiger partial charge in [-0.2, -0.15) is 13.2 Å². The number of likely N-dealkylation sites (N-methyl/N-ethyl adjacent to an activating group) is 1. The third-order valence-corrected chi connectivity index (χ3v) is 4.23. The number of carbonyl (C=O) groups is 1. The lowest BCUT2D eigenvalue weighted by molar-refractivity contribution is -0.144. The zero-order valence-electron chi connectivity index (χ0n) is 13.4. The van der Waals surface area contributed by atoms with E-state index >= 15 is 0 Å². The Morgan fingerprint density at radius 3 is 2.61 bits per heavy atom. The van der Waals surface area contributed by atoms with Crippen LogP contribution >= 0.6 is 0 Å². The smallest absolute Gasteiger partial charge is 0.354 e. The average molecular weight is 331 g/mol. The summed E-state index contributed by atoms with van der Waals surface area (Å²) >= 11 is 0. The summed E-state index contributed by atoms with van der Waals surface area (Å²) in [7, 11) is 0. The molecule has 1 fully saturated rings. The maximum Gasteiger partial charge on any atom is 0.401 e. The summed E-state index contributed by atoms with van der Waals surface area (Å²) < 4.78 is 39.4. The molecule has 0 bridgehead atoms. The van der Waals surface area contributed by atoms with E-state index in [2.05, 4.69) is 0 Å². The molecule has 1 aliphatic rings. The Morgan fingerprint density at radius 1 is 1.30 bits per heavy atom. The van der Waals surface area contributed by atoms with E-state index in [1.807, 2.05) is 36.0 Å². The Hall–Kier alpha value is -1.50. The quantitative estimate of drug-likeness (QED) is 0.769. The highest BCUT2D eigenvalue weighted by Gasteiger charge is 2.36. The van der Waals surface area contributed by atoms with Crippen LogP contribution in [0.2, 0.25) is 0 Å². The minimum Gasteiger partial charge on any atom is -0.354 e. The molecule has 1 unspecified atom stereocenters. The molecule has 1 atom stereocenters. The standard InChI is InChI=1S/C16H24F3N3O/c1-2-22(14-7-11-21(12-14)13-16(17,18)19)15(23)6-5-10-20-8-3-4-9-20/h3-4,8-9,14H,2,5-7,10-13H2,1H3. The van der Waals surface area contributed by atoms with Gasteiger partial charge in [0.25, 0.3) is 0 Å². The number of amides is 1. The van der Waals surface area contributed by atoms with Crippen LogP contribution < -0.4 is 0 Å². The minimum absolute atomic E-state index is 0.0403. The van der Waals surface area contributed by atoms with Crippen molar-refractivity contribution in [1.82, 2.24) is 14.4 Å². The minimum atomic E-state index is -4.17. The molecule has 1 aliphatic heterocycles. The SMILES string of the molecule is CCN(C(=O)CCCn1cccc1)C1CCN(CC(F)(F)F)C1. The van der Waals surface area contributed by atoms with E-state index in [-0.39, 0.29) is 11.9 Å². The van der Waals surface area contributed by atoms with Crippen LogP contribution in [0.5, 0.6) is 0 Å². The first-order valence-electron chi connectivity index (χ1n) is 8.08. The second-order valence-corrected chi connectivity index (χ2v) is 6.00. The molecule has 1 aromatic heterocycles. The molecule has 2 heterocycles. The third-order valence-electron chi connectivity index (χ3n) is 4.23. The van der Waals surface area contributed by atoms with Gasteiger partial charge in [-0.1, -0.05) is 0 Å². The number of aryl methyl sites for hydroxylation is 1. The molecule has 7 heteroatoms. The van der Waals surface area contributed by atoms with E-state index in [1.54, 1.807) is 4.90 Å². The highest BCUT2D eigenvalue weighted by Crippen LogP contribution is 2.22. The van der Waals surface area contributed by atoms with E-state index in [4.69, 9.17) is 0 Å². The summed E-state index contributed by atoms with van der Waals surface area (Å²) in [5.41, 5.74) is 0. The first-order chi connectivity index (χ1) is 10.9. The number of nitrogens with zero attached hydrogens (tertiary/aromatic N) is 3. The molecule has 0 aromatic carbocycles. The summed E-state index contributed by atoms with van der Waals surface area (Å²) in [6, 6.07) is 3.78. The van der Waals surface area contributed by atoms with Crippen molar-refractivity contribution < 1.29 is 18.0 Å². The number of alkyl halides is 3. The summed E-state index contributed by atoms with van der Waals surface area (Å²) in [5, 5.41) is 0. The fraction of sp³-hybridized carbons (Fsp3) is 0.688. The second-order valence-electron chi connectivity index (χ2n) is 6.00. The van der Waals surface area contributed by atoms with Gasteiger partial charge < -0.3 is 9.47 Å². The first kappa shape index (κ1) is 17.8. The molecule has 0 spiro atoms. The fourth-order valence-corrected chi connectivity index (χ4v) is 3.18. The summed E-state index contributed by atoms with van der Waals surface area (Å²) in [4.78, 5) is 15.5. The van der Waals surface area contributed by atoms with Crippen LogP contribution in [-0.2, 0) is 11.3 Å². The zero-order chi connectivity index (χ0) is 16.9. The molecule has 2 rings (SSSR count). The van der Waals surface area contributed by atoms with Crippen molar-refractivity contribution in [2.45, 2.75) is 44.9 Å². The molecular weight excluding hydrogens is 307 g/mol. The van der Waals surface area contributed by atoms with Gasteiger partial charge in [0.15, 0.2) is 0 Å². The van der Waals surface area contributed by atoms with Gasteiger partial charge >= 0.3 is 6.18 Å². The summed E-state index contributed by atoms with van der Waals surface area (Å²) in [5.74, 6) is 0.0403. The fourth-order valence-electron chi connectivity index (χ4n) is 3.18. The van der Waals surface area contributed by atoms with Crippen LogP contribution in [0.1, 0.15) is 26.2 Å². The van der Waals surface area contributed by atoms with Crippen LogP contribution in [0.25, 0.3) is 0 Å². The van der Waals surface area contributed by atoms with Gasteiger partial charge in [-0.25, -0.2) is 0 Å². The molecule has 1 saturated heterocycles. The second kappa shape index (κ2) is 7.86. The van der Waals surface area contributed by atoms with Gasteiger partial charge in [0, 0.05) is 51.0 Å². The van der Waals surface area contributed by atoms with Crippen LogP contribution in [0.3, 0.4) is 0 Å². The van der Waals surface area contributed by atoms with Crippen LogP contribution in [0.15, 0.2) is 24.5 Å². The molecule has 0 saturated carbocycles. The van der Waals surface area contributed by atoms with Crippen molar-refractivity contribution in [2.75, 3.05) is 26.2 Å². The summed E-state index contributed by atoms with van der Waals surface area (Å²) in [6.07, 6.45) is 1.52. The number of hydrogen-bond acceptors (Lipinski definition) is 2. The lowest BCUT2D eigenvalue weighted by Crippen LogP contribution is -2.42. The maximum atomic E-state index is 12.5. The van der Waals surface area contributed by atoms with Crippen LogP contribution in [0, 0.1) is 0 Å². The van der Waals surface area contributed by atoms with E-state index < -0.39 is 12.7 Å². The number of halogens is 3. The molecular formula is C16H24F3N3O. The number of carbonyl (C=O) groups excluding carboxylic acids is 1. The van der Waals surface area contributed by atoms with Crippen molar-refractivity contribution in [2.24, 2.45) is 0 Å². The van der Waals surface area contributed by atoms with E-state index in [9.17, 15) is 18.0 Å². The van der Waals surface area contributed by atoms with Crippen LogP contribution in [0.4, 0.5) is 13.2 Å². The highest BCUT2D eigenvalue weighted by molar-refractivity contribution is 5.76. The maximum absolute atomic E-state index is 12.5. The van der Waals surface area contributed by atoms with E-state index in [1.165, 1.54) is 4.90 Å². The Bertz CT molecular complexity index is 487. The third kappa shape index (κ3) is 5.57. The van der Waals surface area contributed by atoms with Crippen molar-refractivity contribution >= 4 is 5.91 Å². The van der Waals surface area contributed by atoms with E-state index in [0.29, 0.717) is 32.5 Å². The predicted molar refractivity (Wildman–Crippen MR) is 82.0 cm³/mol. The van der Waals surface area contributed by atoms with Crippen molar-refractivity contribution in [3.63, 3.8) is 0 Å². The number of likely N-dealkylation sites (tertiary alicyclic amines) is 1. The molecule has 0 radical (unpaired) electrons. The summed E-state index contributed by atoms with van der Waals surface area (Å²) in [6.45, 7) is 3.04. The molecule has 130 valence electrons. The average Bonchev–Trinajstić information content (AvgIpc) is 3.10. The lowest BCUT2D eigenvalue weighted by atomic mass is 10.2. The Labute approximate surface area is 134 Å². The molecule has 1 aromatic rings. The molecule has 0 N–H and O–H groups in total. The monoisotopic (exact) mass is 331 g/mol. The van der Waals surface area contributed by atoms with Gasteiger partial charge in [0.05, 0.1) is 6.54 Å². The number of rotatable bonds is 7. The van der Waals surface area contributed by atoms with Gasteiger partial charge in [0.1, 0.15) is 0 Å². The van der Waals surface area contributed by atoms with Gasteiger partial charge in [-0.3, -0.25) is 9.69 Å². The Kier molecular flexibility index (Phi) is 6.10. The number of aromatic nitrogens is 1. The molecule has 1 amide bonds. The van der Waals surface area contributed by atoms with Crippen LogP contribution in [-0.4, -0.2) is 58.7 Å². The first-order valence-corrected chi connectivity index (χ1v) is 8.08. The predicted octanol–water partition coefficient (Wildman–Crippen LogP) is 2.75. The van der Waals surface area contributed by atoms with Gasteiger partial charge in [-0.05, 0) is 31.9 Å². The zero-order valence-corrected chi connectivity index (χ0v) is 13.4. The lowest BCUT2D eigenvalue weighted by Gasteiger charge is -2.28. The normalized spacial score (nSPS) is 19.2. The van der Waals surface area contributed by atoms with Gasteiger partial charge in [0.2, 0.25) is 5.91 Å². The molecule has 0 aliphatic carbocycles.